The lowest BCUT2D eigenvalue weighted by molar-refractivity contribution is 0.145. The first-order chi connectivity index (χ1) is 29.3. The summed E-state index contributed by atoms with van der Waals surface area (Å²) < 4.78 is 0. The number of anilines is 3. The molecule has 9 aliphatic rings. The van der Waals surface area contributed by atoms with Crippen molar-refractivity contribution in [3.8, 4) is 0 Å². The van der Waals surface area contributed by atoms with Crippen LogP contribution in [0.2, 0.25) is 0 Å². The summed E-state index contributed by atoms with van der Waals surface area (Å²) in [6.45, 7) is 0. The van der Waals surface area contributed by atoms with E-state index in [1.165, 1.54) is 52.4 Å². The summed E-state index contributed by atoms with van der Waals surface area (Å²) in [5.74, 6) is 2.73. The third kappa shape index (κ3) is 5.44. The van der Waals surface area contributed by atoms with Crippen molar-refractivity contribution in [1.82, 2.24) is 0 Å². The minimum atomic E-state index is 0.00326. The predicted molar refractivity (Wildman–Crippen MR) is 246 cm³/mol. The minimum absolute atomic E-state index is 0.00326. The molecule has 1 spiro atoms. The molecular formula is C57H54N2. The van der Waals surface area contributed by atoms with Crippen molar-refractivity contribution in [2.24, 2.45) is 40.9 Å². The Hall–Kier alpha value is -5.60. The molecule has 0 heterocycles. The molecule has 0 amide bonds. The Morgan fingerprint density at radius 3 is 2.27 bits per heavy atom. The van der Waals surface area contributed by atoms with E-state index in [4.69, 9.17) is 0 Å². The van der Waals surface area contributed by atoms with Gasteiger partial charge >= 0.3 is 0 Å². The molecule has 59 heavy (non-hydrogen) atoms. The highest BCUT2D eigenvalue weighted by molar-refractivity contribution is 5.79. The summed E-state index contributed by atoms with van der Waals surface area (Å²) in [6, 6.07) is 30.3. The van der Waals surface area contributed by atoms with E-state index in [0.29, 0.717) is 35.5 Å². The zero-order valence-electron chi connectivity index (χ0n) is 34.0. The maximum atomic E-state index is 2.84. The highest BCUT2D eigenvalue weighted by atomic mass is 15.2. The molecule has 2 heteroatoms. The highest BCUT2D eigenvalue weighted by Gasteiger charge is 2.68. The standard InChI is InChI=1S/C57H54N2/c1-4-18-41(19-5-1)58(44-33-35-47-40(37-44)32-31-39-17-10-11-24-46(39)47)45-34-36-49-48-25-12-14-27-51(48)57(54(49)38-45)52-28-15-13-26-50(52)56-53(57)29-16-30-55(56)59(42-20-6-2-7-21-42)43-22-8-3-9-23-43/h1-10,12-14,16-22,25-27,29-30,33,35,37-38,43,48-49,51,53-54,56H,11,15,23-24,28,31-32,34,36H2. The van der Waals surface area contributed by atoms with Crippen LogP contribution in [0, 0.1) is 40.9 Å². The lowest BCUT2D eigenvalue weighted by atomic mass is 9.57. The number of hydrogen-bond donors (Lipinski definition) is 0. The van der Waals surface area contributed by atoms with Crippen molar-refractivity contribution in [2.75, 3.05) is 9.80 Å². The van der Waals surface area contributed by atoms with Crippen LogP contribution in [0.15, 0.2) is 204 Å². The van der Waals surface area contributed by atoms with Gasteiger partial charge in [0, 0.05) is 39.8 Å². The molecule has 1 saturated carbocycles. The average Bonchev–Trinajstić information content (AvgIpc) is 3.78. The molecule has 2 nitrogen and oxygen atoms in total. The summed E-state index contributed by atoms with van der Waals surface area (Å²) in [7, 11) is 0. The number of benzene rings is 3. The van der Waals surface area contributed by atoms with E-state index in [9.17, 15) is 0 Å². The molecule has 12 rings (SSSR count). The van der Waals surface area contributed by atoms with Crippen molar-refractivity contribution in [2.45, 2.75) is 63.8 Å². The minimum Gasteiger partial charge on any atom is -0.337 e. The molecule has 0 aromatic heterocycles. The zero-order valence-corrected chi connectivity index (χ0v) is 34.0. The Bertz CT molecular complexity index is 2530. The maximum Gasteiger partial charge on any atom is 0.0556 e. The Balaban J connectivity index is 1.01. The van der Waals surface area contributed by atoms with Crippen molar-refractivity contribution >= 4 is 22.6 Å². The van der Waals surface area contributed by atoms with Crippen molar-refractivity contribution in [3.63, 3.8) is 0 Å². The molecule has 0 N–H and O–H groups in total. The van der Waals surface area contributed by atoms with Gasteiger partial charge in [0.05, 0.1) is 6.04 Å². The van der Waals surface area contributed by atoms with Gasteiger partial charge in [-0.1, -0.05) is 139 Å². The largest absolute Gasteiger partial charge is 0.337 e. The molecule has 0 radical (unpaired) electrons. The zero-order chi connectivity index (χ0) is 38.9. The molecule has 8 atom stereocenters. The van der Waals surface area contributed by atoms with Crippen molar-refractivity contribution in [1.29, 1.82) is 0 Å². The van der Waals surface area contributed by atoms with E-state index in [-0.39, 0.29) is 11.5 Å². The van der Waals surface area contributed by atoms with Gasteiger partial charge in [-0.05, 0) is 158 Å². The van der Waals surface area contributed by atoms with Crippen LogP contribution < -0.4 is 9.80 Å². The van der Waals surface area contributed by atoms with Crippen LogP contribution in [-0.2, 0) is 6.42 Å². The van der Waals surface area contributed by atoms with Crippen LogP contribution in [0.3, 0.4) is 0 Å². The molecule has 8 unspecified atom stereocenters. The number of aryl methyl sites for hydroxylation is 1. The summed E-state index contributed by atoms with van der Waals surface area (Å²) in [5, 5.41) is 0. The third-order valence-corrected chi connectivity index (χ3v) is 15.7. The van der Waals surface area contributed by atoms with Crippen molar-refractivity contribution < 1.29 is 0 Å². The molecular weight excluding hydrogens is 713 g/mol. The number of fused-ring (bicyclic) bond motifs is 11. The van der Waals surface area contributed by atoms with E-state index in [1.807, 2.05) is 0 Å². The smallest absolute Gasteiger partial charge is 0.0556 e. The molecule has 0 aliphatic heterocycles. The monoisotopic (exact) mass is 766 g/mol. The molecule has 1 fully saturated rings. The van der Waals surface area contributed by atoms with E-state index >= 15 is 0 Å². The number of nitrogens with zero attached hydrogens (tertiary/aromatic N) is 2. The fourth-order valence-electron chi connectivity index (χ4n) is 13.6. The summed E-state index contributed by atoms with van der Waals surface area (Å²) >= 11 is 0. The Morgan fingerprint density at radius 2 is 1.41 bits per heavy atom. The number of rotatable bonds is 6. The Labute approximate surface area is 351 Å². The van der Waals surface area contributed by atoms with Gasteiger partial charge in [-0.3, -0.25) is 0 Å². The predicted octanol–water partition coefficient (Wildman–Crippen LogP) is 13.9. The fraction of sp³-hybridized carbons (Fsp3) is 0.298. The second-order valence-electron chi connectivity index (χ2n) is 18.3. The van der Waals surface area contributed by atoms with Crippen LogP contribution in [-0.4, -0.2) is 6.04 Å². The summed E-state index contributed by atoms with van der Waals surface area (Å²) in [5.41, 5.74) is 16.3. The average molecular weight is 767 g/mol. The van der Waals surface area contributed by atoms with Crippen LogP contribution in [0.5, 0.6) is 0 Å². The van der Waals surface area contributed by atoms with Gasteiger partial charge in [0.15, 0.2) is 0 Å². The lowest BCUT2D eigenvalue weighted by Gasteiger charge is -2.48. The van der Waals surface area contributed by atoms with Gasteiger partial charge in [-0.2, -0.15) is 0 Å². The Kier molecular flexibility index (Phi) is 8.57. The Morgan fingerprint density at radius 1 is 0.610 bits per heavy atom. The second-order valence-corrected chi connectivity index (χ2v) is 18.3. The quantitative estimate of drug-likeness (QED) is 0.247. The van der Waals surface area contributed by atoms with Gasteiger partial charge in [0.25, 0.3) is 0 Å². The van der Waals surface area contributed by atoms with Gasteiger partial charge in [0.2, 0.25) is 0 Å². The van der Waals surface area contributed by atoms with Gasteiger partial charge in [-0.25, -0.2) is 0 Å². The first-order valence-corrected chi connectivity index (χ1v) is 22.7. The van der Waals surface area contributed by atoms with E-state index in [0.717, 1.165) is 44.9 Å². The first-order valence-electron chi connectivity index (χ1n) is 22.7. The SMILES string of the molecule is C1=CCC(N(C2=CC=CC3C2C2=C(CCC=C2)C32C3C=CC=CC3C3CCC(N(c4ccccc4)c4ccc5c(c4)CCC4=C5CCC=C4)=CC32)c2ccccc2)C=C1. The van der Waals surface area contributed by atoms with Gasteiger partial charge in [-0.15, -0.1) is 0 Å². The summed E-state index contributed by atoms with van der Waals surface area (Å²) in [6.07, 6.45) is 49.7. The molecule has 3 aromatic carbocycles. The number of hydrogen-bond acceptors (Lipinski definition) is 2. The van der Waals surface area contributed by atoms with Crippen LogP contribution >= 0.6 is 0 Å². The fourth-order valence-corrected chi connectivity index (χ4v) is 13.6. The molecule has 9 aliphatic carbocycles. The summed E-state index contributed by atoms with van der Waals surface area (Å²) in [4.78, 5) is 5.36. The van der Waals surface area contributed by atoms with Gasteiger partial charge in [0.1, 0.15) is 0 Å². The first kappa shape index (κ1) is 35.4. The number of para-hydroxylation sites is 2. The molecule has 0 saturated heterocycles. The van der Waals surface area contributed by atoms with Crippen molar-refractivity contribution in [3.05, 3.63) is 215 Å². The maximum absolute atomic E-state index is 2.84. The molecule has 0 bridgehead atoms. The van der Waals surface area contributed by atoms with E-state index in [2.05, 4.69) is 186 Å². The second kappa shape index (κ2) is 14.3. The topological polar surface area (TPSA) is 6.48 Å². The van der Waals surface area contributed by atoms with Crippen LogP contribution in [0.4, 0.5) is 17.1 Å². The van der Waals surface area contributed by atoms with Crippen LogP contribution in [0.25, 0.3) is 5.57 Å². The third-order valence-electron chi connectivity index (χ3n) is 15.7. The van der Waals surface area contributed by atoms with E-state index < -0.39 is 0 Å². The van der Waals surface area contributed by atoms with E-state index in [1.54, 1.807) is 22.3 Å². The highest BCUT2D eigenvalue weighted by Crippen LogP contribution is 2.73. The molecule has 3 aromatic rings. The van der Waals surface area contributed by atoms with Gasteiger partial charge < -0.3 is 9.80 Å². The van der Waals surface area contributed by atoms with Crippen LogP contribution in [0.1, 0.15) is 62.5 Å². The lowest BCUT2D eigenvalue weighted by Crippen LogP contribution is -2.44. The number of allylic oxidation sites excluding steroid dienone is 19. The normalized spacial score (nSPS) is 31.6. The molecule has 292 valence electrons.